The zero-order valence-electron chi connectivity index (χ0n) is 13.6. The van der Waals surface area contributed by atoms with Gasteiger partial charge in [-0.05, 0) is 48.4 Å². The van der Waals surface area contributed by atoms with Crippen molar-refractivity contribution in [2.75, 3.05) is 0 Å². The molecule has 1 aromatic rings. The minimum absolute atomic E-state index is 0.0163. The monoisotopic (exact) mass is 344 g/mol. The van der Waals surface area contributed by atoms with Crippen LogP contribution in [-0.4, -0.2) is 32.5 Å². The van der Waals surface area contributed by atoms with E-state index in [0.29, 0.717) is 31.4 Å². The molecule has 1 saturated carbocycles. The number of phenolic OH excluding ortho intramolecular Hbond substituents is 2. The van der Waals surface area contributed by atoms with Crippen molar-refractivity contribution in [3.8, 4) is 11.5 Å². The molecule has 0 saturated heterocycles. The molecule has 4 rings (SSSR count). The molecule has 1 aromatic carbocycles. The van der Waals surface area contributed by atoms with Gasteiger partial charge in [-0.15, -0.1) is 0 Å². The molecule has 0 amide bonds. The van der Waals surface area contributed by atoms with Crippen LogP contribution in [0.4, 0.5) is 0 Å². The van der Waals surface area contributed by atoms with E-state index in [0.717, 1.165) is 11.1 Å². The summed E-state index contributed by atoms with van der Waals surface area (Å²) in [6.45, 7) is 0. The van der Waals surface area contributed by atoms with Crippen molar-refractivity contribution in [2.24, 2.45) is 11.8 Å². The predicted molar refractivity (Wildman–Crippen MR) is 87.8 cm³/mol. The molecule has 0 radical (unpaired) electrons. The highest BCUT2D eigenvalue weighted by Crippen LogP contribution is 2.50. The summed E-state index contributed by atoms with van der Waals surface area (Å²) in [5.41, 5.74) is 1.76. The quantitative estimate of drug-likeness (QED) is 0.461. The van der Waals surface area contributed by atoms with E-state index in [9.17, 15) is 25.2 Å². The van der Waals surface area contributed by atoms with E-state index < -0.39 is 6.10 Å². The van der Waals surface area contributed by atoms with Crippen LogP contribution in [0.25, 0.3) is 0 Å². The number of carbonyl (C=O) groups is 1. The number of allylic oxidation sites excluding steroid dienone is 3. The minimum atomic E-state index is -0.672. The first kappa shape index (κ1) is 16.0. The van der Waals surface area contributed by atoms with Gasteiger partial charge in [0.25, 0.3) is 0 Å². The number of rotatable bonds is 1. The number of aromatic hydroxyl groups is 2. The van der Waals surface area contributed by atoms with Gasteiger partial charge < -0.3 is 25.2 Å². The fourth-order valence-corrected chi connectivity index (χ4v) is 4.36. The molecular weight excluding hydrogens is 324 g/mol. The third-order valence-corrected chi connectivity index (χ3v) is 5.63. The zero-order valence-corrected chi connectivity index (χ0v) is 13.6. The molecule has 6 nitrogen and oxygen atoms in total. The minimum Gasteiger partial charge on any atom is -0.512 e. The maximum atomic E-state index is 11.5. The van der Waals surface area contributed by atoms with E-state index in [1.54, 1.807) is 6.07 Å². The summed E-state index contributed by atoms with van der Waals surface area (Å²) in [6, 6.07) is 4.57. The Labute approximate surface area is 144 Å². The highest BCUT2D eigenvalue weighted by atomic mass is 16.5. The van der Waals surface area contributed by atoms with Crippen molar-refractivity contribution < 1.29 is 30.0 Å². The van der Waals surface area contributed by atoms with E-state index in [4.69, 9.17) is 4.74 Å². The number of ether oxygens (including phenoxy) is 1. The number of phenols is 2. The molecule has 1 fully saturated rings. The van der Waals surface area contributed by atoms with Crippen LogP contribution in [0.3, 0.4) is 0 Å². The van der Waals surface area contributed by atoms with Crippen molar-refractivity contribution in [3.05, 3.63) is 46.9 Å². The number of aliphatic hydroxyl groups is 2. The van der Waals surface area contributed by atoms with Gasteiger partial charge in [0.05, 0.1) is 11.9 Å². The number of esters is 1. The number of fused-ring (bicyclic) bond motifs is 2. The molecule has 2 aliphatic carbocycles. The van der Waals surface area contributed by atoms with Crippen LogP contribution < -0.4 is 0 Å². The van der Waals surface area contributed by atoms with Crippen LogP contribution in [0.15, 0.2) is 41.4 Å². The molecule has 132 valence electrons. The van der Waals surface area contributed by atoms with Gasteiger partial charge in [-0.3, -0.25) is 4.79 Å². The molecule has 1 aliphatic heterocycles. The standard InChI is InChI=1S/C19H20O6/c20-14-3-1-9(5-17(14)23)11-6-12-10-2-4-19(24)25-18(10)8-16(22)13(12)7-15(11)21/h1,3,5,8,11-13,15,20-23H,2,4,6-7H2/t11-,12?,13?,15-/m1/s1. The van der Waals surface area contributed by atoms with Gasteiger partial charge in [-0.25, -0.2) is 0 Å². The summed E-state index contributed by atoms with van der Waals surface area (Å²) >= 11 is 0. The second-order valence-electron chi connectivity index (χ2n) is 7.04. The Morgan fingerprint density at radius 2 is 1.76 bits per heavy atom. The van der Waals surface area contributed by atoms with E-state index in [-0.39, 0.29) is 41.0 Å². The molecule has 6 heteroatoms. The van der Waals surface area contributed by atoms with E-state index >= 15 is 0 Å². The normalized spacial score (nSPS) is 31.7. The van der Waals surface area contributed by atoms with Gasteiger partial charge in [0.2, 0.25) is 0 Å². The van der Waals surface area contributed by atoms with Gasteiger partial charge in [0, 0.05) is 24.3 Å². The van der Waals surface area contributed by atoms with E-state index in [1.165, 1.54) is 18.2 Å². The molecule has 0 bridgehead atoms. The Kier molecular flexibility index (Phi) is 3.72. The third-order valence-electron chi connectivity index (χ3n) is 5.63. The highest BCUT2D eigenvalue weighted by molar-refractivity contribution is 5.73. The lowest BCUT2D eigenvalue weighted by Gasteiger charge is -2.43. The molecule has 0 spiro atoms. The second-order valence-corrected chi connectivity index (χ2v) is 7.04. The summed E-state index contributed by atoms with van der Waals surface area (Å²) in [4.78, 5) is 11.5. The van der Waals surface area contributed by atoms with Crippen LogP contribution in [0.1, 0.15) is 37.2 Å². The van der Waals surface area contributed by atoms with Crippen molar-refractivity contribution in [1.82, 2.24) is 0 Å². The fourth-order valence-electron chi connectivity index (χ4n) is 4.36. The molecule has 25 heavy (non-hydrogen) atoms. The Morgan fingerprint density at radius 3 is 2.52 bits per heavy atom. The smallest absolute Gasteiger partial charge is 0.311 e. The largest absolute Gasteiger partial charge is 0.512 e. The maximum Gasteiger partial charge on any atom is 0.311 e. The van der Waals surface area contributed by atoms with Gasteiger partial charge >= 0.3 is 5.97 Å². The summed E-state index contributed by atoms with van der Waals surface area (Å²) < 4.78 is 5.28. The van der Waals surface area contributed by atoms with E-state index in [1.807, 2.05) is 0 Å². The first-order valence-electron chi connectivity index (χ1n) is 8.48. The molecule has 2 unspecified atom stereocenters. The number of benzene rings is 1. The summed E-state index contributed by atoms with van der Waals surface area (Å²) in [6.07, 6.45) is 2.72. The van der Waals surface area contributed by atoms with Gasteiger partial charge in [0.1, 0.15) is 5.76 Å². The van der Waals surface area contributed by atoms with Crippen LogP contribution in [0.5, 0.6) is 11.5 Å². The predicted octanol–water partition coefficient (Wildman–Crippen LogP) is 2.62. The Bertz CT molecular complexity index is 793. The van der Waals surface area contributed by atoms with Crippen LogP contribution in [0.2, 0.25) is 0 Å². The summed E-state index contributed by atoms with van der Waals surface area (Å²) in [7, 11) is 0. The van der Waals surface area contributed by atoms with Crippen molar-refractivity contribution >= 4 is 5.97 Å². The van der Waals surface area contributed by atoms with Crippen molar-refractivity contribution in [3.63, 3.8) is 0 Å². The lowest BCUT2D eigenvalue weighted by atomic mass is 9.64. The number of hydrogen-bond acceptors (Lipinski definition) is 6. The Morgan fingerprint density at radius 1 is 0.960 bits per heavy atom. The topological polar surface area (TPSA) is 107 Å². The lowest BCUT2D eigenvalue weighted by molar-refractivity contribution is -0.140. The van der Waals surface area contributed by atoms with Gasteiger partial charge in [-0.1, -0.05) is 6.07 Å². The highest BCUT2D eigenvalue weighted by Gasteiger charge is 2.44. The molecule has 4 atom stereocenters. The number of aliphatic hydroxyl groups excluding tert-OH is 2. The molecule has 0 aromatic heterocycles. The first-order chi connectivity index (χ1) is 11.9. The second kappa shape index (κ2) is 5.81. The Balaban J connectivity index is 1.68. The lowest BCUT2D eigenvalue weighted by Crippen LogP contribution is -2.38. The van der Waals surface area contributed by atoms with Crippen molar-refractivity contribution in [2.45, 2.75) is 37.7 Å². The molecular formula is C19H20O6. The summed E-state index contributed by atoms with van der Waals surface area (Å²) in [5.74, 6) is -0.561. The average Bonchev–Trinajstić information content (AvgIpc) is 2.57. The Hall–Kier alpha value is -2.47. The SMILES string of the molecule is O=C1CCC2=C(C=C(O)C3C[C@@H](O)[C@@H](c4ccc(O)c(O)c4)CC23)O1. The maximum absolute atomic E-state index is 11.5. The van der Waals surface area contributed by atoms with Crippen LogP contribution >= 0.6 is 0 Å². The van der Waals surface area contributed by atoms with Gasteiger partial charge in [0.15, 0.2) is 11.5 Å². The third kappa shape index (κ3) is 2.66. The first-order valence-corrected chi connectivity index (χ1v) is 8.48. The van der Waals surface area contributed by atoms with Crippen LogP contribution in [0, 0.1) is 11.8 Å². The zero-order chi connectivity index (χ0) is 17.7. The molecule has 1 heterocycles. The average molecular weight is 344 g/mol. The van der Waals surface area contributed by atoms with Gasteiger partial charge in [-0.2, -0.15) is 0 Å². The summed E-state index contributed by atoms with van der Waals surface area (Å²) in [5, 5.41) is 40.2. The molecule has 4 N–H and O–H groups in total. The van der Waals surface area contributed by atoms with Crippen LogP contribution in [-0.2, 0) is 9.53 Å². The van der Waals surface area contributed by atoms with Crippen molar-refractivity contribution in [1.29, 1.82) is 0 Å². The van der Waals surface area contributed by atoms with E-state index in [2.05, 4.69) is 0 Å². The fraction of sp³-hybridized carbons (Fsp3) is 0.421. The molecule has 3 aliphatic rings. The number of carbonyl (C=O) groups excluding carboxylic acids is 1. The number of hydrogen-bond donors (Lipinski definition) is 4.